The van der Waals surface area contributed by atoms with Gasteiger partial charge in [-0.1, -0.05) is 12.1 Å². The lowest BCUT2D eigenvalue weighted by Crippen LogP contribution is -2.10. The molecule has 7 nitrogen and oxygen atoms in total. The summed E-state index contributed by atoms with van der Waals surface area (Å²) in [5, 5.41) is 11.0. The number of rotatable bonds is 9. The predicted molar refractivity (Wildman–Crippen MR) is 124 cm³/mol. The topological polar surface area (TPSA) is 83.5 Å². The first-order chi connectivity index (χ1) is 15.9. The van der Waals surface area contributed by atoms with Gasteiger partial charge in [-0.2, -0.15) is 0 Å². The summed E-state index contributed by atoms with van der Waals surface area (Å²) >= 11 is 0. The van der Waals surface area contributed by atoms with Crippen molar-refractivity contribution in [2.45, 2.75) is 12.3 Å². The Morgan fingerprint density at radius 2 is 1.39 bits per heavy atom. The summed E-state index contributed by atoms with van der Waals surface area (Å²) < 4.78 is 26.6. The number of esters is 1. The Morgan fingerprint density at radius 3 is 1.91 bits per heavy atom. The molecule has 0 amide bonds. The first-order valence-corrected chi connectivity index (χ1v) is 10.3. The highest BCUT2D eigenvalue weighted by Gasteiger charge is 2.26. The van der Waals surface area contributed by atoms with Crippen molar-refractivity contribution < 1.29 is 33.6 Å². The third-order valence-electron chi connectivity index (χ3n) is 5.48. The molecule has 0 fully saturated rings. The molecule has 3 aromatic carbocycles. The van der Waals surface area contributed by atoms with Crippen LogP contribution in [0.3, 0.4) is 0 Å². The van der Waals surface area contributed by atoms with Crippen LogP contribution in [0.15, 0.2) is 54.6 Å². The lowest BCUT2D eigenvalue weighted by Gasteiger charge is -2.23. The van der Waals surface area contributed by atoms with Crippen molar-refractivity contribution in [3.8, 4) is 28.7 Å². The molecular weight excluding hydrogens is 424 g/mol. The van der Waals surface area contributed by atoms with Crippen molar-refractivity contribution in [3.63, 3.8) is 0 Å². The molecular formula is C26H28O7. The number of phenolic OH excluding ortho intramolecular Hbond substituents is 1. The smallest absolute Gasteiger partial charge is 0.338 e. The predicted octanol–water partition coefficient (Wildman–Crippen LogP) is 4.59. The van der Waals surface area contributed by atoms with Crippen LogP contribution in [-0.2, 0) is 11.2 Å². The fraction of sp³-hybridized carbons (Fsp3) is 0.269. The first kappa shape index (κ1) is 23.8. The maximum absolute atomic E-state index is 12.1. The van der Waals surface area contributed by atoms with Crippen molar-refractivity contribution in [1.29, 1.82) is 0 Å². The zero-order valence-corrected chi connectivity index (χ0v) is 19.4. The number of carbonyl (C=O) groups is 1. The molecule has 1 atom stereocenters. The van der Waals surface area contributed by atoms with Crippen LogP contribution in [0.4, 0.5) is 0 Å². The van der Waals surface area contributed by atoms with E-state index in [0.29, 0.717) is 29.2 Å². The Kier molecular flexibility index (Phi) is 7.66. The van der Waals surface area contributed by atoms with Gasteiger partial charge in [-0.05, 0) is 53.9 Å². The summed E-state index contributed by atoms with van der Waals surface area (Å²) in [6.07, 6.45) is 0.530. The van der Waals surface area contributed by atoms with Crippen LogP contribution >= 0.6 is 0 Å². The summed E-state index contributed by atoms with van der Waals surface area (Å²) in [7, 11) is 7.57. The Morgan fingerprint density at radius 1 is 0.788 bits per heavy atom. The molecule has 0 saturated carbocycles. The van der Waals surface area contributed by atoms with E-state index in [4.69, 9.17) is 23.7 Å². The zero-order chi connectivity index (χ0) is 24.0. The summed E-state index contributed by atoms with van der Waals surface area (Å²) in [4.78, 5) is 12.1. The second-order valence-electron chi connectivity index (χ2n) is 7.35. The van der Waals surface area contributed by atoms with E-state index >= 15 is 0 Å². The third-order valence-corrected chi connectivity index (χ3v) is 5.48. The quantitative estimate of drug-likeness (QED) is 0.476. The van der Waals surface area contributed by atoms with Gasteiger partial charge in [-0.3, -0.25) is 0 Å². The molecule has 0 aromatic heterocycles. The van der Waals surface area contributed by atoms with Gasteiger partial charge in [-0.15, -0.1) is 0 Å². The molecule has 7 heteroatoms. The van der Waals surface area contributed by atoms with E-state index < -0.39 is 5.97 Å². The van der Waals surface area contributed by atoms with E-state index in [2.05, 4.69) is 0 Å². The van der Waals surface area contributed by atoms with Gasteiger partial charge in [0.1, 0.15) is 28.7 Å². The molecule has 0 heterocycles. The Labute approximate surface area is 193 Å². The molecule has 0 aliphatic carbocycles. The van der Waals surface area contributed by atoms with Crippen LogP contribution in [0.1, 0.15) is 33.0 Å². The van der Waals surface area contributed by atoms with Crippen LogP contribution in [-0.4, -0.2) is 46.6 Å². The lowest BCUT2D eigenvalue weighted by molar-refractivity contribution is 0.0599. The van der Waals surface area contributed by atoms with E-state index in [1.165, 1.54) is 20.3 Å². The number of benzene rings is 3. The second kappa shape index (κ2) is 10.6. The van der Waals surface area contributed by atoms with Gasteiger partial charge in [0.05, 0.1) is 41.1 Å². The minimum atomic E-state index is -0.565. The van der Waals surface area contributed by atoms with Gasteiger partial charge >= 0.3 is 5.97 Å². The van der Waals surface area contributed by atoms with E-state index in [0.717, 1.165) is 16.9 Å². The van der Waals surface area contributed by atoms with Gasteiger partial charge < -0.3 is 28.8 Å². The molecule has 33 heavy (non-hydrogen) atoms. The third kappa shape index (κ3) is 5.31. The molecule has 3 aromatic rings. The van der Waals surface area contributed by atoms with Gasteiger partial charge in [0, 0.05) is 17.5 Å². The first-order valence-electron chi connectivity index (χ1n) is 10.3. The number of carbonyl (C=O) groups excluding carboxylic acids is 1. The SMILES string of the molecule is COC(=O)c1cc(O)c(C(Cc2ccc(OC)cc2)c2cc(OC)cc(OC)c2)c(OC)c1. The highest BCUT2D eigenvalue weighted by Crippen LogP contribution is 2.43. The van der Waals surface area contributed by atoms with Crippen molar-refractivity contribution in [2.75, 3.05) is 35.5 Å². The van der Waals surface area contributed by atoms with Gasteiger partial charge in [0.15, 0.2) is 0 Å². The highest BCUT2D eigenvalue weighted by atomic mass is 16.5. The van der Waals surface area contributed by atoms with Crippen molar-refractivity contribution in [2.24, 2.45) is 0 Å². The second-order valence-corrected chi connectivity index (χ2v) is 7.35. The van der Waals surface area contributed by atoms with Gasteiger partial charge in [0.25, 0.3) is 0 Å². The van der Waals surface area contributed by atoms with Gasteiger partial charge in [0.2, 0.25) is 0 Å². The number of phenols is 1. The molecule has 174 valence electrons. The van der Waals surface area contributed by atoms with E-state index in [1.807, 2.05) is 36.4 Å². The van der Waals surface area contributed by atoms with Crippen LogP contribution in [0.2, 0.25) is 0 Å². The Balaban J connectivity index is 2.19. The molecule has 0 saturated heterocycles. The Bertz CT molecular complexity index is 1080. The highest BCUT2D eigenvalue weighted by molar-refractivity contribution is 5.90. The monoisotopic (exact) mass is 452 g/mol. The van der Waals surface area contributed by atoms with Crippen LogP contribution in [0.5, 0.6) is 28.7 Å². The normalized spacial score (nSPS) is 11.4. The van der Waals surface area contributed by atoms with Crippen molar-refractivity contribution in [1.82, 2.24) is 0 Å². The summed E-state index contributed by atoms with van der Waals surface area (Å²) in [5.74, 6) is 1.38. The average Bonchev–Trinajstić information content (AvgIpc) is 2.86. The zero-order valence-electron chi connectivity index (χ0n) is 19.4. The van der Waals surface area contributed by atoms with Crippen LogP contribution in [0.25, 0.3) is 0 Å². The lowest BCUT2D eigenvalue weighted by atomic mass is 9.84. The number of aromatic hydroxyl groups is 1. The van der Waals surface area contributed by atoms with E-state index in [9.17, 15) is 9.90 Å². The van der Waals surface area contributed by atoms with E-state index in [1.54, 1.807) is 33.5 Å². The van der Waals surface area contributed by atoms with Crippen molar-refractivity contribution >= 4 is 5.97 Å². The number of hydrogen-bond donors (Lipinski definition) is 1. The molecule has 3 rings (SSSR count). The Hall–Kier alpha value is -3.87. The maximum atomic E-state index is 12.1. The molecule has 0 aliphatic rings. The number of ether oxygens (including phenoxy) is 5. The fourth-order valence-corrected chi connectivity index (χ4v) is 3.78. The summed E-state index contributed by atoms with van der Waals surface area (Å²) in [5.41, 5.74) is 2.60. The number of hydrogen-bond acceptors (Lipinski definition) is 7. The average molecular weight is 453 g/mol. The van der Waals surface area contributed by atoms with Gasteiger partial charge in [-0.25, -0.2) is 4.79 Å². The molecule has 0 aliphatic heterocycles. The minimum absolute atomic E-state index is 0.0740. The fourth-order valence-electron chi connectivity index (χ4n) is 3.78. The molecule has 0 radical (unpaired) electrons. The number of methoxy groups -OCH3 is 5. The van der Waals surface area contributed by atoms with Crippen LogP contribution in [0, 0.1) is 0 Å². The minimum Gasteiger partial charge on any atom is -0.507 e. The summed E-state index contributed by atoms with van der Waals surface area (Å²) in [6, 6.07) is 16.2. The molecule has 1 unspecified atom stereocenters. The molecule has 0 spiro atoms. The standard InChI is InChI=1S/C26H28O7/c1-29-19-8-6-16(7-9-19)10-22(17-11-20(30-2)15-21(12-17)31-3)25-23(27)13-18(26(28)33-5)14-24(25)32-4/h6-9,11-15,22,27H,10H2,1-5H3. The summed E-state index contributed by atoms with van der Waals surface area (Å²) in [6.45, 7) is 0. The maximum Gasteiger partial charge on any atom is 0.338 e. The largest absolute Gasteiger partial charge is 0.507 e. The van der Waals surface area contributed by atoms with E-state index in [-0.39, 0.29) is 17.2 Å². The van der Waals surface area contributed by atoms with Crippen LogP contribution < -0.4 is 18.9 Å². The van der Waals surface area contributed by atoms with Crippen molar-refractivity contribution in [3.05, 3.63) is 76.9 Å². The molecule has 1 N–H and O–H groups in total. The molecule has 0 bridgehead atoms.